The third-order valence-corrected chi connectivity index (χ3v) is 3.28. The van der Waals surface area contributed by atoms with Crippen LogP contribution in [0.15, 0.2) is 18.5 Å². The number of carbonyl (C=O) groups excluding carboxylic acids is 1. The molecule has 0 spiro atoms. The van der Waals surface area contributed by atoms with Crippen molar-refractivity contribution >= 4 is 11.6 Å². The summed E-state index contributed by atoms with van der Waals surface area (Å²) in [5, 5.41) is 2.94. The van der Waals surface area contributed by atoms with Gasteiger partial charge in [-0.2, -0.15) is 0 Å². The highest BCUT2D eigenvalue weighted by atomic mass is 16.1. The van der Waals surface area contributed by atoms with Crippen LogP contribution in [0.5, 0.6) is 0 Å². The van der Waals surface area contributed by atoms with Crippen molar-refractivity contribution in [2.75, 3.05) is 25.0 Å². The number of aromatic nitrogens is 1. The van der Waals surface area contributed by atoms with Crippen molar-refractivity contribution in [3.05, 3.63) is 24.0 Å². The Morgan fingerprint density at radius 3 is 2.80 bits per heavy atom. The van der Waals surface area contributed by atoms with Gasteiger partial charge in [-0.05, 0) is 24.8 Å². The molecule has 1 amide bonds. The smallest absolute Gasteiger partial charge is 0.252 e. The number of unbranched alkanes of at least 4 members (excludes halogenated alkanes) is 1. The first kappa shape index (κ1) is 16.5. The van der Waals surface area contributed by atoms with E-state index in [1.165, 1.54) is 0 Å². The monoisotopic (exact) mass is 277 g/mol. The third-order valence-electron chi connectivity index (χ3n) is 3.28. The van der Waals surface area contributed by atoms with Gasteiger partial charge in [-0.25, -0.2) is 0 Å². The molecule has 1 N–H and O–H groups in total. The second kappa shape index (κ2) is 8.56. The van der Waals surface area contributed by atoms with Crippen LogP contribution in [0.1, 0.15) is 50.4 Å². The van der Waals surface area contributed by atoms with E-state index >= 15 is 0 Å². The average Bonchev–Trinajstić information content (AvgIpc) is 2.44. The molecular formula is C16H27N3O. The highest BCUT2D eigenvalue weighted by Gasteiger charge is 2.08. The maximum Gasteiger partial charge on any atom is 0.252 e. The summed E-state index contributed by atoms with van der Waals surface area (Å²) in [5.41, 5.74) is 1.63. The summed E-state index contributed by atoms with van der Waals surface area (Å²) in [6, 6.07) is 1.91. The highest BCUT2D eigenvalue weighted by Crippen LogP contribution is 2.13. The zero-order valence-corrected chi connectivity index (χ0v) is 13.1. The number of amides is 1. The molecule has 4 heteroatoms. The zero-order valence-electron chi connectivity index (χ0n) is 13.1. The van der Waals surface area contributed by atoms with Crippen LogP contribution in [0, 0.1) is 5.92 Å². The van der Waals surface area contributed by atoms with Gasteiger partial charge >= 0.3 is 0 Å². The van der Waals surface area contributed by atoms with E-state index in [-0.39, 0.29) is 5.91 Å². The maximum absolute atomic E-state index is 12.0. The van der Waals surface area contributed by atoms with Crippen LogP contribution in [0.4, 0.5) is 5.69 Å². The van der Waals surface area contributed by atoms with E-state index in [4.69, 9.17) is 0 Å². The lowest BCUT2D eigenvalue weighted by Gasteiger charge is -2.19. The lowest BCUT2D eigenvalue weighted by molar-refractivity contribution is 0.0951. The Balaban J connectivity index is 2.60. The van der Waals surface area contributed by atoms with E-state index in [1.807, 2.05) is 13.1 Å². The fraction of sp³-hybridized carbons (Fsp3) is 0.625. The van der Waals surface area contributed by atoms with Gasteiger partial charge in [0.25, 0.3) is 5.91 Å². The molecule has 0 aliphatic rings. The Morgan fingerprint density at radius 2 is 2.15 bits per heavy atom. The van der Waals surface area contributed by atoms with E-state index in [0.717, 1.165) is 31.5 Å². The summed E-state index contributed by atoms with van der Waals surface area (Å²) in [6.07, 6.45) is 6.73. The number of hydrogen-bond donors (Lipinski definition) is 1. The number of pyridine rings is 1. The van der Waals surface area contributed by atoms with E-state index in [9.17, 15) is 4.79 Å². The SMILES string of the molecule is CCCCN(C)c1cncc(C(=O)NCCC(C)C)c1. The van der Waals surface area contributed by atoms with E-state index < -0.39 is 0 Å². The lowest BCUT2D eigenvalue weighted by atomic mass is 10.1. The van der Waals surface area contributed by atoms with Gasteiger partial charge in [0, 0.05) is 26.3 Å². The number of rotatable bonds is 8. The molecule has 0 aliphatic carbocycles. The molecule has 0 aliphatic heterocycles. The largest absolute Gasteiger partial charge is 0.373 e. The fourth-order valence-electron chi connectivity index (χ4n) is 1.86. The van der Waals surface area contributed by atoms with Crippen LogP contribution < -0.4 is 10.2 Å². The van der Waals surface area contributed by atoms with Crippen LogP contribution in [0.2, 0.25) is 0 Å². The topological polar surface area (TPSA) is 45.2 Å². The molecule has 1 aromatic heterocycles. The van der Waals surface area contributed by atoms with Crippen molar-refractivity contribution in [3.63, 3.8) is 0 Å². The lowest BCUT2D eigenvalue weighted by Crippen LogP contribution is -2.26. The Kier molecular flexibility index (Phi) is 7.05. The molecule has 1 heterocycles. The summed E-state index contributed by atoms with van der Waals surface area (Å²) >= 11 is 0. The molecule has 112 valence electrons. The number of nitrogens with zero attached hydrogens (tertiary/aromatic N) is 2. The molecular weight excluding hydrogens is 250 g/mol. The van der Waals surface area contributed by atoms with Gasteiger partial charge in [0.05, 0.1) is 17.4 Å². The van der Waals surface area contributed by atoms with Crippen molar-refractivity contribution in [1.29, 1.82) is 0 Å². The Morgan fingerprint density at radius 1 is 1.40 bits per heavy atom. The van der Waals surface area contributed by atoms with Crippen molar-refractivity contribution in [2.24, 2.45) is 5.92 Å². The second-order valence-corrected chi connectivity index (χ2v) is 5.65. The molecule has 0 bridgehead atoms. The second-order valence-electron chi connectivity index (χ2n) is 5.65. The molecule has 0 aromatic carbocycles. The summed E-state index contributed by atoms with van der Waals surface area (Å²) < 4.78 is 0. The molecule has 1 rings (SSSR count). The molecule has 1 aromatic rings. The minimum atomic E-state index is -0.0381. The maximum atomic E-state index is 12.0. The molecule has 4 nitrogen and oxygen atoms in total. The highest BCUT2D eigenvalue weighted by molar-refractivity contribution is 5.94. The molecule has 0 radical (unpaired) electrons. The first-order valence-corrected chi connectivity index (χ1v) is 7.49. The molecule has 0 fully saturated rings. The van der Waals surface area contributed by atoms with Gasteiger partial charge in [0.15, 0.2) is 0 Å². The molecule has 0 unspecified atom stereocenters. The molecule has 20 heavy (non-hydrogen) atoms. The van der Waals surface area contributed by atoms with Crippen molar-refractivity contribution in [1.82, 2.24) is 10.3 Å². The van der Waals surface area contributed by atoms with Gasteiger partial charge in [0.1, 0.15) is 0 Å². The Labute approximate surface area is 122 Å². The Bertz CT molecular complexity index is 418. The van der Waals surface area contributed by atoms with E-state index in [1.54, 1.807) is 12.4 Å². The van der Waals surface area contributed by atoms with E-state index in [2.05, 4.69) is 36.0 Å². The van der Waals surface area contributed by atoms with Gasteiger partial charge in [-0.1, -0.05) is 27.2 Å². The number of carbonyl (C=O) groups is 1. The summed E-state index contributed by atoms with van der Waals surface area (Å²) in [4.78, 5) is 18.4. The summed E-state index contributed by atoms with van der Waals surface area (Å²) in [6.45, 7) is 8.17. The van der Waals surface area contributed by atoms with Crippen LogP contribution >= 0.6 is 0 Å². The van der Waals surface area contributed by atoms with Crippen molar-refractivity contribution in [2.45, 2.75) is 40.0 Å². The zero-order chi connectivity index (χ0) is 15.0. The van der Waals surface area contributed by atoms with Gasteiger partial charge < -0.3 is 10.2 Å². The molecule has 0 atom stereocenters. The number of anilines is 1. The van der Waals surface area contributed by atoms with Crippen molar-refractivity contribution in [3.8, 4) is 0 Å². The quantitative estimate of drug-likeness (QED) is 0.794. The van der Waals surface area contributed by atoms with Crippen molar-refractivity contribution < 1.29 is 4.79 Å². The predicted octanol–water partition coefficient (Wildman–Crippen LogP) is 3.09. The first-order valence-electron chi connectivity index (χ1n) is 7.49. The average molecular weight is 277 g/mol. The van der Waals surface area contributed by atoms with Gasteiger partial charge in [-0.3, -0.25) is 9.78 Å². The minimum Gasteiger partial charge on any atom is -0.373 e. The van der Waals surface area contributed by atoms with Crippen LogP contribution in [-0.2, 0) is 0 Å². The minimum absolute atomic E-state index is 0.0381. The van der Waals surface area contributed by atoms with Gasteiger partial charge in [-0.15, -0.1) is 0 Å². The normalized spacial score (nSPS) is 10.7. The van der Waals surface area contributed by atoms with E-state index in [0.29, 0.717) is 18.0 Å². The fourth-order valence-corrected chi connectivity index (χ4v) is 1.86. The molecule has 0 saturated carbocycles. The molecule has 0 saturated heterocycles. The van der Waals surface area contributed by atoms with Crippen LogP contribution in [0.25, 0.3) is 0 Å². The van der Waals surface area contributed by atoms with Crippen LogP contribution in [-0.4, -0.2) is 31.0 Å². The predicted molar refractivity (Wildman–Crippen MR) is 84.2 cm³/mol. The number of nitrogens with one attached hydrogen (secondary N) is 1. The first-order chi connectivity index (χ1) is 9.54. The van der Waals surface area contributed by atoms with Crippen LogP contribution in [0.3, 0.4) is 0 Å². The Hall–Kier alpha value is -1.58. The van der Waals surface area contributed by atoms with Gasteiger partial charge in [0.2, 0.25) is 0 Å². The summed E-state index contributed by atoms with van der Waals surface area (Å²) in [5.74, 6) is 0.559. The standard InChI is InChI=1S/C16H27N3O/c1-5-6-9-19(4)15-10-14(11-17-12-15)16(20)18-8-7-13(2)3/h10-13H,5-9H2,1-4H3,(H,18,20). The third kappa shape index (κ3) is 5.59. The summed E-state index contributed by atoms with van der Waals surface area (Å²) in [7, 11) is 2.03. The number of hydrogen-bond acceptors (Lipinski definition) is 3.